The van der Waals surface area contributed by atoms with Gasteiger partial charge in [0.15, 0.2) is 11.9 Å². The summed E-state index contributed by atoms with van der Waals surface area (Å²) in [5.74, 6) is -12.9. The number of nitrogens with one attached hydrogen (secondary N) is 13. The molecule has 1 aliphatic heterocycles. The lowest BCUT2D eigenvalue weighted by Gasteiger charge is -2.27. The van der Waals surface area contributed by atoms with E-state index in [1.807, 2.05) is 0 Å². The van der Waals surface area contributed by atoms with Crippen LogP contribution in [0.2, 0.25) is 0 Å². The first-order chi connectivity index (χ1) is 49.0. The number of aliphatic hydroxyl groups is 1. The maximum Gasteiger partial charge on any atom is 0.245 e. The summed E-state index contributed by atoms with van der Waals surface area (Å²) in [7, 11) is 0. The van der Waals surface area contributed by atoms with Crippen LogP contribution >= 0.6 is 0 Å². The molecule has 0 aliphatic carbocycles. The second kappa shape index (κ2) is 47.5. The van der Waals surface area contributed by atoms with E-state index in [9.17, 15) is 72.2 Å². The molecule has 570 valence electrons. The lowest BCUT2D eigenvalue weighted by Crippen LogP contribution is -2.60. The standard InChI is InChI=1S/C65H105N23O15/c1-37(55(95)84-45(24-15-29-75-64(70)71)58(98)83-42(54(69)94)21-9-12-26-66)80-57(97)43-23-11-14-28-74-49(90)33-48(61(101)87-46(25-16-30-76-65(72)73)60(100)86-44(59(99)85-43)22-10-13-27-67)82-52(93)36-79-63(103)53(38(2)89)88-62(102)47(32-40-19-7-4-8-20-40)81-51(92)35-77-50(91)34-78-56(96)41(68)31-39-17-5-3-6-18-39/h3-8,17-20,37-38,41-48,53,89H,9-16,21-36,66-68H2,1-2H3,(H2,69,94)(H,74,90)(H,77,91)(H,78,96)(H,79,103)(H,80,97)(H,81,92)(H,82,93)(H,83,98)(H,84,95)(H,85,99)(H,86,100)(H,87,101)(H,88,102)(H4,70,71,75)(H4,72,73,76)/t37-,38+,41-,42-,43-,44-,45-,46-,47-,48+,53-/m0/s1. The van der Waals surface area contributed by atoms with Crippen molar-refractivity contribution in [2.24, 2.45) is 55.9 Å². The Bertz CT molecular complexity index is 3190. The number of rotatable bonds is 40. The van der Waals surface area contributed by atoms with Crippen LogP contribution in [0.4, 0.5) is 0 Å². The number of aliphatic hydroxyl groups excluding tert-OH is 1. The van der Waals surface area contributed by atoms with Crippen molar-refractivity contribution in [1.82, 2.24) is 69.1 Å². The fraction of sp³-hybridized carbons (Fsp3) is 0.569. The number of guanidine groups is 2. The van der Waals surface area contributed by atoms with E-state index in [1.165, 1.54) is 6.92 Å². The van der Waals surface area contributed by atoms with Crippen LogP contribution in [-0.2, 0) is 80.0 Å². The Morgan fingerprint density at radius 2 is 1.08 bits per heavy atom. The summed E-state index contributed by atoms with van der Waals surface area (Å²) in [4.78, 5) is 199. The highest BCUT2D eigenvalue weighted by molar-refractivity contribution is 6.00. The third-order valence-electron chi connectivity index (χ3n) is 15.9. The summed E-state index contributed by atoms with van der Waals surface area (Å²) in [6, 6.07) is 3.29. The van der Waals surface area contributed by atoms with Crippen LogP contribution in [0, 0.1) is 0 Å². The van der Waals surface area contributed by atoms with Gasteiger partial charge in [0.25, 0.3) is 0 Å². The third kappa shape index (κ3) is 35.0. The molecule has 1 saturated heterocycles. The molecule has 3 rings (SSSR count). The summed E-state index contributed by atoms with van der Waals surface area (Å²) in [5.41, 5.74) is 46.4. The van der Waals surface area contributed by atoms with E-state index >= 15 is 0 Å². The third-order valence-corrected chi connectivity index (χ3v) is 15.9. The van der Waals surface area contributed by atoms with E-state index in [2.05, 4.69) is 79.1 Å². The Hall–Kier alpha value is -10.6. The van der Waals surface area contributed by atoms with E-state index in [0.717, 1.165) is 12.5 Å². The lowest BCUT2D eigenvalue weighted by molar-refractivity contribution is -0.136. The fourth-order valence-electron chi connectivity index (χ4n) is 10.3. The van der Waals surface area contributed by atoms with Crippen molar-refractivity contribution in [3.05, 3.63) is 71.8 Å². The van der Waals surface area contributed by atoms with E-state index in [1.54, 1.807) is 60.7 Å². The number of hydrogen-bond donors (Lipinski definition) is 22. The van der Waals surface area contributed by atoms with Crippen molar-refractivity contribution < 1.29 is 72.2 Å². The average Bonchev–Trinajstić information content (AvgIpc) is 1.29. The Kier molecular flexibility index (Phi) is 39.9. The molecule has 0 aromatic heterocycles. The minimum absolute atomic E-state index is 0.0281. The van der Waals surface area contributed by atoms with Crippen molar-refractivity contribution in [3.8, 4) is 0 Å². The maximum atomic E-state index is 14.4. The average molecular weight is 1450 g/mol. The molecule has 0 radical (unpaired) electrons. The highest BCUT2D eigenvalue weighted by Crippen LogP contribution is 2.12. The number of nitrogens with zero attached hydrogens (tertiary/aromatic N) is 2. The summed E-state index contributed by atoms with van der Waals surface area (Å²) in [5, 5.41) is 43.3. The number of aliphatic imine (C=N–C) groups is 2. The Morgan fingerprint density at radius 1 is 0.544 bits per heavy atom. The Labute approximate surface area is 597 Å². The number of unbranched alkanes of at least 4 members (excludes halogenated alkanes) is 2. The van der Waals surface area contributed by atoms with Gasteiger partial charge in [0.1, 0.15) is 54.4 Å². The number of hydrogen-bond acceptors (Lipinski definition) is 20. The molecule has 30 N–H and O–H groups in total. The first-order valence-electron chi connectivity index (χ1n) is 34.1. The van der Waals surface area contributed by atoms with Gasteiger partial charge in [0, 0.05) is 26.1 Å². The van der Waals surface area contributed by atoms with Crippen LogP contribution in [0.25, 0.3) is 0 Å². The van der Waals surface area contributed by atoms with Crippen molar-refractivity contribution in [3.63, 3.8) is 0 Å². The van der Waals surface area contributed by atoms with E-state index < -0.39 is 175 Å². The molecule has 11 atom stereocenters. The first-order valence-corrected chi connectivity index (χ1v) is 34.1. The number of carbonyl (C=O) groups excluding carboxylic acids is 14. The molecular weight excluding hydrogens is 1340 g/mol. The molecule has 1 aliphatic rings. The molecule has 0 spiro atoms. The second-order valence-electron chi connectivity index (χ2n) is 24.6. The lowest BCUT2D eigenvalue weighted by atomic mass is 10.0. The van der Waals surface area contributed by atoms with E-state index in [4.69, 9.17) is 45.9 Å². The van der Waals surface area contributed by atoms with Crippen LogP contribution in [-0.4, -0.2) is 219 Å². The maximum absolute atomic E-state index is 14.4. The fourth-order valence-corrected chi connectivity index (χ4v) is 10.3. The minimum Gasteiger partial charge on any atom is -0.391 e. The van der Waals surface area contributed by atoms with Crippen molar-refractivity contribution in [2.45, 2.75) is 183 Å². The number of nitrogens with two attached hydrogens (primary N) is 8. The highest BCUT2D eigenvalue weighted by Gasteiger charge is 2.36. The van der Waals surface area contributed by atoms with Crippen molar-refractivity contribution in [2.75, 3.05) is 52.4 Å². The monoisotopic (exact) mass is 1450 g/mol. The number of benzene rings is 2. The minimum atomic E-state index is -1.78. The summed E-state index contributed by atoms with van der Waals surface area (Å²) in [6.45, 7) is 0.809. The molecule has 0 bridgehead atoms. The zero-order valence-electron chi connectivity index (χ0n) is 58.3. The largest absolute Gasteiger partial charge is 0.391 e. The highest BCUT2D eigenvalue weighted by atomic mass is 16.3. The molecule has 2 aromatic carbocycles. The van der Waals surface area contributed by atoms with Gasteiger partial charge in [-0.1, -0.05) is 60.7 Å². The smallest absolute Gasteiger partial charge is 0.245 e. The van der Waals surface area contributed by atoms with Gasteiger partial charge in [-0.05, 0) is 128 Å². The van der Waals surface area contributed by atoms with Crippen LogP contribution in [0.1, 0.15) is 115 Å². The van der Waals surface area contributed by atoms with Gasteiger partial charge in [-0.3, -0.25) is 77.1 Å². The van der Waals surface area contributed by atoms with Crippen molar-refractivity contribution in [1.29, 1.82) is 0 Å². The van der Waals surface area contributed by atoms with Gasteiger partial charge in [-0.15, -0.1) is 0 Å². The normalized spacial score (nSPS) is 17.9. The first kappa shape index (κ1) is 86.6. The van der Waals surface area contributed by atoms with Gasteiger partial charge in [0.2, 0.25) is 82.7 Å². The van der Waals surface area contributed by atoms with E-state index in [0.29, 0.717) is 31.4 Å². The molecule has 2 aromatic rings. The van der Waals surface area contributed by atoms with Gasteiger partial charge in [-0.2, -0.15) is 0 Å². The second-order valence-corrected chi connectivity index (χ2v) is 24.6. The molecule has 38 nitrogen and oxygen atoms in total. The molecule has 1 fully saturated rings. The quantitative estimate of drug-likeness (QED) is 0.0167. The molecule has 0 saturated carbocycles. The Morgan fingerprint density at radius 3 is 1.69 bits per heavy atom. The number of primary amides is 1. The molecule has 14 amide bonds. The molecule has 1 heterocycles. The van der Waals surface area contributed by atoms with Crippen LogP contribution in [0.3, 0.4) is 0 Å². The van der Waals surface area contributed by atoms with Crippen LogP contribution < -0.4 is 115 Å². The number of carbonyl (C=O) groups is 14. The van der Waals surface area contributed by atoms with Crippen LogP contribution in [0.15, 0.2) is 70.6 Å². The topological polar surface area (TPSA) is 648 Å². The van der Waals surface area contributed by atoms with Crippen molar-refractivity contribution >= 4 is 94.6 Å². The van der Waals surface area contributed by atoms with Gasteiger partial charge >= 0.3 is 0 Å². The summed E-state index contributed by atoms with van der Waals surface area (Å²) in [6.07, 6.45) is -0.420. The predicted molar refractivity (Wildman–Crippen MR) is 378 cm³/mol. The zero-order valence-corrected chi connectivity index (χ0v) is 58.3. The number of amides is 14. The molecular formula is C65H105N23O15. The summed E-state index contributed by atoms with van der Waals surface area (Å²) < 4.78 is 0. The Balaban J connectivity index is 1.84. The SMILES string of the molecule is C[C@H](NC(=O)[C@@H]1CCCCNC(=O)C[C@@H](NC(=O)CNC(=O)[C@@H](NC(=O)[C@H](Cc2ccccc2)NC(=O)CNC(=O)CNC(=O)[C@@H](N)Cc2ccccc2)[C@@H](C)O)C(=O)N[C@@H](CCCN=C(N)N)C(=O)N[C@@H](CCCCN)C(=O)N1)C(=O)N[C@@H](CCCN=C(N)N)C(=O)N[C@@H](CCCCN)C(N)=O. The summed E-state index contributed by atoms with van der Waals surface area (Å²) >= 11 is 0. The van der Waals surface area contributed by atoms with E-state index in [-0.39, 0.29) is 115 Å². The van der Waals surface area contributed by atoms with Gasteiger partial charge in [-0.25, -0.2) is 0 Å². The van der Waals surface area contributed by atoms with Gasteiger partial charge < -0.3 is 120 Å². The molecule has 38 heteroatoms. The predicted octanol–water partition coefficient (Wildman–Crippen LogP) is -8.55. The molecule has 0 unspecified atom stereocenters. The zero-order chi connectivity index (χ0) is 76.4. The molecule has 103 heavy (non-hydrogen) atoms. The van der Waals surface area contributed by atoms with Crippen LogP contribution in [0.5, 0.6) is 0 Å². The van der Waals surface area contributed by atoms with Gasteiger partial charge in [0.05, 0.1) is 38.2 Å².